The van der Waals surface area contributed by atoms with Crippen LogP contribution in [0.3, 0.4) is 0 Å². The molecule has 0 bridgehead atoms. The molecule has 0 aromatic heterocycles. The Hall–Kier alpha value is -2.01. The van der Waals surface area contributed by atoms with E-state index in [-0.39, 0.29) is 18.2 Å². The van der Waals surface area contributed by atoms with E-state index in [0.717, 1.165) is 11.1 Å². The van der Waals surface area contributed by atoms with E-state index in [4.69, 9.17) is 4.74 Å². The molecule has 21 heavy (non-hydrogen) atoms. The minimum absolute atomic E-state index is 0.0639. The number of ether oxygens (including phenoxy) is 1. The molecule has 2 aliphatic rings. The van der Waals surface area contributed by atoms with Gasteiger partial charge in [-0.15, -0.1) is 0 Å². The monoisotopic (exact) mass is 286 g/mol. The molecule has 0 fully saturated rings. The lowest BCUT2D eigenvalue weighted by Crippen LogP contribution is -2.47. The fourth-order valence-corrected chi connectivity index (χ4v) is 2.93. The van der Waals surface area contributed by atoms with Gasteiger partial charge in [-0.3, -0.25) is 9.59 Å². The van der Waals surface area contributed by atoms with Gasteiger partial charge in [0.25, 0.3) is 0 Å². The molecule has 1 aromatic rings. The number of ketones is 2. The summed E-state index contributed by atoms with van der Waals surface area (Å²) in [6, 6.07) is 3.61. The maximum atomic E-state index is 12.9. The number of hydrogen-bond acceptors (Lipinski definition) is 5. The summed E-state index contributed by atoms with van der Waals surface area (Å²) >= 11 is 0. The van der Waals surface area contributed by atoms with Crippen molar-refractivity contribution in [3.05, 3.63) is 34.4 Å². The van der Waals surface area contributed by atoms with Crippen LogP contribution < -0.4 is 5.43 Å². The van der Waals surface area contributed by atoms with E-state index >= 15 is 0 Å². The lowest BCUT2D eigenvalue weighted by molar-refractivity contribution is 0.0515. The Balaban J connectivity index is 2.20. The fraction of sp³-hybridized carbons (Fsp3) is 0.438. The molecule has 0 unspecified atom stereocenters. The van der Waals surface area contributed by atoms with Crippen molar-refractivity contribution >= 4 is 17.3 Å². The van der Waals surface area contributed by atoms with Gasteiger partial charge in [-0.1, -0.05) is 0 Å². The van der Waals surface area contributed by atoms with E-state index in [9.17, 15) is 9.59 Å². The Morgan fingerprint density at radius 3 is 2.24 bits per heavy atom. The maximum absolute atomic E-state index is 12.9. The van der Waals surface area contributed by atoms with Crippen LogP contribution in [0.5, 0.6) is 0 Å². The summed E-state index contributed by atoms with van der Waals surface area (Å²) < 4.78 is 5.53. The van der Waals surface area contributed by atoms with E-state index in [1.807, 2.05) is 13.8 Å². The van der Waals surface area contributed by atoms with Gasteiger partial charge in [-0.2, -0.15) is 5.10 Å². The van der Waals surface area contributed by atoms with Gasteiger partial charge >= 0.3 is 0 Å². The zero-order valence-electron chi connectivity index (χ0n) is 12.4. The van der Waals surface area contributed by atoms with Crippen LogP contribution in [0, 0.1) is 19.3 Å². The van der Waals surface area contributed by atoms with Gasteiger partial charge in [-0.25, -0.2) is 0 Å². The van der Waals surface area contributed by atoms with Crippen molar-refractivity contribution in [2.75, 3.05) is 19.8 Å². The summed E-state index contributed by atoms with van der Waals surface area (Å²) in [6.45, 7) is 6.65. The quantitative estimate of drug-likeness (QED) is 0.737. The van der Waals surface area contributed by atoms with Gasteiger partial charge in [0.2, 0.25) is 0 Å². The molecule has 110 valence electrons. The molecule has 0 saturated carbocycles. The summed E-state index contributed by atoms with van der Waals surface area (Å²) in [5.74, 6) is -0.397. The van der Waals surface area contributed by atoms with Crippen molar-refractivity contribution in [3.63, 3.8) is 0 Å². The molecule has 3 rings (SSSR count). The lowest BCUT2D eigenvalue weighted by Gasteiger charge is -2.27. The van der Waals surface area contributed by atoms with Crippen LogP contribution in [0.15, 0.2) is 17.2 Å². The van der Waals surface area contributed by atoms with Crippen LogP contribution in [-0.2, 0) is 4.74 Å². The molecule has 0 radical (unpaired) electrons. The fourth-order valence-electron chi connectivity index (χ4n) is 2.93. The second-order valence-electron chi connectivity index (χ2n) is 5.70. The minimum Gasteiger partial charge on any atom is -0.378 e. The Labute approximate surface area is 123 Å². The van der Waals surface area contributed by atoms with E-state index in [0.29, 0.717) is 30.0 Å². The summed E-state index contributed by atoms with van der Waals surface area (Å²) in [7, 11) is 0. The standard InChI is InChI=1S/C16H18N2O3/c1-9-6-12-13(7-10(9)2)15(20)16(14(12)19)8-21-5-4-17-18-11(16)3/h6-7,17H,4-5,8H2,1-3H3/b18-11-. The Bertz CT molecular complexity index is 635. The zero-order chi connectivity index (χ0) is 15.2. The highest BCUT2D eigenvalue weighted by atomic mass is 16.5. The Morgan fingerprint density at radius 1 is 1.10 bits per heavy atom. The number of nitrogens with one attached hydrogen (secondary N) is 1. The van der Waals surface area contributed by atoms with E-state index in [2.05, 4.69) is 10.5 Å². The minimum atomic E-state index is -1.30. The van der Waals surface area contributed by atoms with E-state index in [1.54, 1.807) is 19.1 Å². The summed E-state index contributed by atoms with van der Waals surface area (Å²) in [5.41, 5.74) is 5.00. The van der Waals surface area contributed by atoms with Crippen molar-refractivity contribution in [2.24, 2.45) is 10.5 Å². The lowest BCUT2D eigenvalue weighted by atomic mass is 9.79. The predicted octanol–water partition coefficient (Wildman–Crippen LogP) is 1.66. The van der Waals surface area contributed by atoms with Crippen molar-refractivity contribution in [1.82, 2.24) is 5.43 Å². The van der Waals surface area contributed by atoms with Crippen LogP contribution in [-0.4, -0.2) is 37.0 Å². The van der Waals surface area contributed by atoms with Gasteiger partial charge in [0.15, 0.2) is 17.0 Å². The Morgan fingerprint density at radius 2 is 1.67 bits per heavy atom. The van der Waals surface area contributed by atoms with Gasteiger partial charge < -0.3 is 10.2 Å². The summed E-state index contributed by atoms with van der Waals surface area (Å²) in [4.78, 5) is 25.8. The van der Waals surface area contributed by atoms with Crippen molar-refractivity contribution < 1.29 is 14.3 Å². The highest BCUT2D eigenvalue weighted by Gasteiger charge is 2.56. The molecule has 5 nitrogen and oxygen atoms in total. The van der Waals surface area contributed by atoms with Crippen LogP contribution in [0.25, 0.3) is 0 Å². The van der Waals surface area contributed by atoms with Gasteiger partial charge in [-0.05, 0) is 44.0 Å². The summed E-state index contributed by atoms with van der Waals surface area (Å²) in [6.07, 6.45) is 0. The highest BCUT2D eigenvalue weighted by Crippen LogP contribution is 2.40. The molecule has 1 spiro atoms. The Kier molecular flexibility index (Phi) is 3.17. The van der Waals surface area contributed by atoms with Crippen molar-refractivity contribution in [3.8, 4) is 0 Å². The molecule has 0 amide bonds. The first-order valence-electron chi connectivity index (χ1n) is 7.04. The normalized spacial score (nSPS) is 23.1. The molecule has 5 heteroatoms. The molecule has 0 saturated heterocycles. The molecular weight excluding hydrogens is 268 g/mol. The first-order chi connectivity index (χ1) is 9.98. The topological polar surface area (TPSA) is 67.8 Å². The summed E-state index contributed by atoms with van der Waals surface area (Å²) in [5, 5.41) is 4.19. The third-order valence-corrected chi connectivity index (χ3v) is 4.44. The molecule has 1 aromatic carbocycles. The van der Waals surface area contributed by atoms with Gasteiger partial charge in [0.1, 0.15) is 0 Å². The largest absolute Gasteiger partial charge is 0.378 e. The number of hydrazone groups is 1. The van der Waals surface area contributed by atoms with Crippen LogP contribution in [0.2, 0.25) is 0 Å². The third-order valence-electron chi connectivity index (χ3n) is 4.44. The van der Waals surface area contributed by atoms with Gasteiger partial charge in [0, 0.05) is 11.1 Å². The zero-order valence-corrected chi connectivity index (χ0v) is 12.4. The number of Topliss-reactive ketones (excluding diaryl/α,β-unsaturated/α-hetero) is 2. The third kappa shape index (κ3) is 1.84. The van der Waals surface area contributed by atoms with E-state index < -0.39 is 5.41 Å². The predicted molar refractivity (Wildman–Crippen MR) is 78.9 cm³/mol. The first kappa shape index (κ1) is 13.9. The van der Waals surface area contributed by atoms with E-state index in [1.165, 1.54) is 0 Å². The number of aryl methyl sites for hydroxylation is 2. The van der Waals surface area contributed by atoms with Crippen molar-refractivity contribution in [1.29, 1.82) is 0 Å². The first-order valence-corrected chi connectivity index (χ1v) is 7.04. The van der Waals surface area contributed by atoms with Crippen LogP contribution in [0.4, 0.5) is 0 Å². The second-order valence-corrected chi connectivity index (χ2v) is 5.70. The van der Waals surface area contributed by atoms with Crippen LogP contribution >= 0.6 is 0 Å². The molecular formula is C16H18N2O3. The smallest absolute Gasteiger partial charge is 0.185 e. The molecule has 1 N–H and O–H groups in total. The molecule has 1 heterocycles. The number of carbonyl (C=O) groups is 2. The number of carbonyl (C=O) groups excluding carboxylic acids is 2. The molecule has 0 atom stereocenters. The number of hydrogen-bond donors (Lipinski definition) is 1. The van der Waals surface area contributed by atoms with Crippen LogP contribution in [0.1, 0.15) is 38.8 Å². The van der Waals surface area contributed by atoms with Gasteiger partial charge in [0.05, 0.1) is 25.5 Å². The molecule has 1 aliphatic carbocycles. The number of fused-ring (bicyclic) bond motifs is 1. The average molecular weight is 286 g/mol. The number of nitrogens with zero attached hydrogens (tertiary/aromatic N) is 1. The number of rotatable bonds is 0. The average Bonchev–Trinajstić information content (AvgIpc) is 2.64. The maximum Gasteiger partial charge on any atom is 0.185 e. The highest BCUT2D eigenvalue weighted by molar-refractivity contribution is 6.40. The SMILES string of the molecule is C/C1=N/NCCOCC12C(=O)c1cc(C)c(C)cc1C2=O. The van der Waals surface area contributed by atoms with Crippen molar-refractivity contribution in [2.45, 2.75) is 20.8 Å². The molecule has 1 aliphatic heterocycles. The second kappa shape index (κ2) is 4.77. The number of benzene rings is 1.